The summed E-state index contributed by atoms with van der Waals surface area (Å²) < 4.78 is 2.71. The van der Waals surface area contributed by atoms with Crippen molar-refractivity contribution in [2.75, 3.05) is 0 Å². The molecule has 0 saturated heterocycles. The highest BCUT2D eigenvalue weighted by molar-refractivity contribution is 7.26. The van der Waals surface area contributed by atoms with E-state index in [1.807, 2.05) is 17.4 Å². The lowest BCUT2D eigenvalue weighted by Crippen LogP contribution is -1.71. The van der Waals surface area contributed by atoms with Gasteiger partial charge in [0.05, 0.1) is 0 Å². The van der Waals surface area contributed by atoms with Gasteiger partial charge in [-0.2, -0.15) is 0 Å². The van der Waals surface area contributed by atoms with E-state index in [1.165, 1.54) is 30.9 Å². The smallest absolute Gasteiger partial charge is 0.0433 e. The molecule has 0 nitrogen and oxygen atoms in total. The fourth-order valence-corrected chi connectivity index (χ4v) is 3.62. The highest BCUT2D eigenvalue weighted by atomic mass is 32.1. The first-order valence-corrected chi connectivity index (χ1v) is 6.45. The van der Waals surface area contributed by atoms with E-state index in [-0.39, 0.29) is 0 Å². The molecule has 0 aliphatic heterocycles. The van der Waals surface area contributed by atoms with E-state index in [4.69, 9.17) is 0 Å². The van der Waals surface area contributed by atoms with Gasteiger partial charge in [-0.1, -0.05) is 48.5 Å². The van der Waals surface area contributed by atoms with Crippen molar-refractivity contribution in [1.82, 2.24) is 0 Å². The van der Waals surface area contributed by atoms with Crippen LogP contribution in [-0.4, -0.2) is 0 Å². The fourth-order valence-electron chi connectivity index (χ4n) is 2.40. The minimum absolute atomic E-state index is 1.32. The van der Waals surface area contributed by atoms with Gasteiger partial charge in [0.25, 0.3) is 0 Å². The summed E-state index contributed by atoms with van der Waals surface area (Å²) in [7, 11) is 0. The summed E-state index contributed by atoms with van der Waals surface area (Å²) in [5.41, 5.74) is 0. The van der Waals surface area contributed by atoms with Gasteiger partial charge < -0.3 is 0 Å². The summed E-state index contributed by atoms with van der Waals surface area (Å²) >= 11 is 1.86. The molecule has 1 heterocycles. The SMILES string of the molecule is [c]1ccc2c(c1)sc1c3ccccc3ccc21. The Hall–Kier alpha value is -1.86. The van der Waals surface area contributed by atoms with Crippen molar-refractivity contribution in [1.29, 1.82) is 0 Å². The van der Waals surface area contributed by atoms with E-state index < -0.39 is 0 Å². The maximum atomic E-state index is 3.15. The summed E-state index contributed by atoms with van der Waals surface area (Å²) in [6, 6.07) is 22.4. The zero-order chi connectivity index (χ0) is 11.2. The third-order valence-electron chi connectivity index (χ3n) is 3.21. The van der Waals surface area contributed by atoms with E-state index >= 15 is 0 Å². The molecule has 17 heavy (non-hydrogen) atoms. The molecule has 4 aromatic rings. The number of thiophene rings is 1. The largest absolute Gasteiger partial charge is 0.135 e. The molecule has 1 heteroatoms. The quantitative estimate of drug-likeness (QED) is 0.400. The van der Waals surface area contributed by atoms with Gasteiger partial charge in [-0.15, -0.1) is 11.3 Å². The fraction of sp³-hybridized carbons (Fsp3) is 0. The van der Waals surface area contributed by atoms with E-state index in [9.17, 15) is 0 Å². The summed E-state index contributed by atoms with van der Waals surface area (Å²) in [6.07, 6.45) is 0. The van der Waals surface area contributed by atoms with Crippen LogP contribution >= 0.6 is 11.3 Å². The lowest BCUT2D eigenvalue weighted by atomic mass is 10.1. The Morgan fingerprint density at radius 2 is 1.76 bits per heavy atom. The van der Waals surface area contributed by atoms with Crippen LogP contribution in [-0.2, 0) is 0 Å². The molecule has 3 aromatic carbocycles. The van der Waals surface area contributed by atoms with Crippen LogP contribution in [0.4, 0.5) is 0 Å². The van der Waals surface area contributed by atoms with Gasteiger partial charge in [0, 0.05) is 20.2 Å². The Balaban J connectivity index is 2.34. The van der Waals surface area contributed by atoms with Gasteiger partial charge in [0.1, 0.15) is 0 Å². The van der Waals surface area contributed by atoms with Crippen LogP contribution in [0.5, 0.6) is 0 Å². The maximum absolute atomic E-state index is 3.15. The molecule has 0 saturated carbocycles. The van der Waals surface area contributed by atoms with Crippen LogP contribution < -0.4 is 0 Å². The minimum Gasteiger partial charge on any atom is -0.135 e. The van der Waals surface area contributed by atoms with Crippen molar-refractivity contribution >= 4 is 42.3 Å². The van der Waals surface area contributed by atoms with Gasteiger partial charge in [-0.25, -0.2) is 0 Å². The predicted molar refractivity (Wildman–Crippen MR) is 75.7 cm³/mol. The first-order valence-electron chi connectivity index (χ1n) is 5.63. The highest BCUT2D eigenvalue weighted by Gasteiger charge is 2.06. The number of hydrogen-bond donors (Lipinski definition) is 0. The van der Waals surface area contributed by atoms with Crippen LogP contribution in [0, 0.1) is 6.07 Å². The van der Waals surface area contributed by atoms with Gasteiger partial charge in [-0.05, 0) is 22.9 Å². The van der Waals surface area contributed by atoms with E-state index in [0.29, 0.717) is 0 Å². The Morgan fingerprint density at radius 1 is 0.824 bits per heavy atom. The first-order chi connectivity index (χ1) is 8.43. The number of rotatable bonds is 0. The highest BCUT2D eigenvalue weighted by Crippen LogP contribution is 2.37. The summed E-state index contributed by atoms with van der Waals surface area (Å²) in [5.74, 6) is 0. The van der Waals surface area contributed by atoms with Gasteiger partial charge in [-0.3, -0.25) is 0 Å². The second-order valence-corrected chi connectivity index (χ2v) is 5.24. The lowest BCUT2D eigenvalue weighted by Gasteiger charge is -1.98. The van der Waals surface area contributed by atoms with Crippen LogP contribution in [0.2, 0.25) is 0 Å². The molecule has 0 aliphatic rings. The van der Waals surface area contributed by atoms with Crippen molar-refractivity contribution in [3.63, 3.8) is 0 Å². The molecule has 1 radical (unpaired) electrons. The second-order valence-electron chi connectivity index (χ2n) is 4.19. The summed E-state index contributed by atoms with van der Waals surface area (Å²) in [6.45, 7) is 0. The number of benzene rings is 3. The molecule has 0 bridgehead atoms. The first kappa shape index (κ1) is 9.20. The average Bonchev–Trinajstić information content (AvgIpc) is 2.78. The molecule has 0 amide bonds. The monoisotopic (exact) mass is 233 g/mol. The molecular formula is C16H9S. The molecule has 0 aliphatic carbocycles. The Kier molecular flexibility index (Phi) is 1.79. The maximum Gasteiger partial charge on any atom is 0.0433 e. The Labute approximate surface area is 103 Å². The molecule has 0 unspecified atom stereocenters. The molecule has 0 fully saturated rings. The standard InChI is InChI=1S/C16H9S/c1-2-6-12-11(5-1)9-10-14-13-7-3-4-8-15(13)17-16(12)14/h1-3,5-10H. The van der Waals surface area contributed by atoms with Crippen LogP contribution in [0.1, 0.15) is 0 Å². The molecule has 0 N–H and O–H groups in total. The molecule has 4 rings (SSSR count). The van der Waals surface area contributed by atoms with Crippen molar-refractivity contribution in [3.8, 4) is 0 Å². The molecular weight excluding hydrogens is 224 g/mol. The van der Waals surface area contributed by atoms with Gasteiger partial charge in [0.2, 0.25) is 0 Å². The molecule has 0 spiro atoms. The summed E-state index contributed by atoms with van der Waals surface area (Å²) in [4.78, 5) is 0. The Bertz CT molecular complexity index is 840. The molecule has 1 aromatic heterocycles. The Morgan fingerprint density at radius 3 is 2.76 bits per heavy atom. The predicted octanol–water partition coefficient (Wildman–Crippen LogP) is 5.01. The van der Waals surface area contributed by atoms with Crippen molar-refractivity contribution < 1.29 is 0 Å². The van der Waals surface area contributed by atoms with Crippen molar-refractivity contribution in [2.45, 2.75) is 0 Å². The minimum atomic E-state index is 1.32. The normalized spacial score (nSPS) is 11.5. The average molecular weight is 233 g/mol. The van der Waals surface area contributed by atoms with Crippen LogP contribution in [0.15, 0.2) is 54.6 Å². The zero-order valence-electron chi connectivity index (χ0n) is 9.10. The summed E-state index contributed by atoms with van der Waals surface area (Å²) in [5, 5.41) is 5.37. The molecule has 79 valence electrons. The number of hydrogen-bond acceptors (Lipinski definition) is 1. The second kappa shape index (κ2) is 3.31. The van der Waals surface area contributed by atoms with Crippen LogP contribution in [0.3, 0.4) is 0 Å². The number of fused-ring (bicyclic) bond motifs is 5. The van der Waals surface area contributed by atoms with Crippen LogP contribution in [0.25, 0.3) is 30.9 Å². The third kappa shape index (κ3) is 1.23. The topological polar surface area (TPSA) is 0 Å². The van der Waals surface area contributed by atoms with E-state index in [2.05, 4.69) is 54.6 Å². The van der Waals surface area contributed by atoms with Gasteiger partial charge >= 0.3 is 0 Å². The molecule has 0 atom stereocenters. The lowest BCUT2D eigenvalue weighted by molar-refractivity contribution is 1.81. The van der Waals surface area contributed by atoms with Crippen molar-refractivity contribution in [2.24, 2.45) is 0 Å². The van der Waals surface area contributed by atoms with Gasteiger partial charge in [0.15, 0.2) is 0 Å². The third-order valence-corrected chi connectivity index (χ3v) is 4.41. The van der Waals surface area contributed by atoms with E-state index in [0.717, 1.165) is 0 Å². The van der Waals surface area contributed by atoms with E-state index in [1.54, 1.807) is 0 Å². The zero-order valence-corrected chi connectivity index (χ0v) is 9.92. The van der Waals surface area contributed by atoms with Crippen molar-refractivity contribution in [3.05, 3.63) is 60.7 Å².